The zero-order valence-electron chi connectivity index (χ0n) is 19.9. The smallest absolute Gasteiger partial charge is 0.257 e. The Labute approximate surface area is 195 Å². The molecule has 1 atom stereocenters. The van der Waals surface area contributed by atoms with Gasteiger partial charge < -0.3 is 19.5 Å². The first-order valence-corrected chi connectivity index (χ1v) is 11.3. The highest BCUT2D eigenvalue weighted by atomic mass is 16.5. The molecular formula is C27H32N2O4. The van der Waals surface area contributed by atoms with Gasteiger partial charge in [0.25, 0.3) is 5.91 Å². The normalized spacial score (nSPS) is 11.8. The van der Waals surface area contributed by atoms with E-state index in [9.17, 15) is 4.79 Å². The van der Waals surface area contributed by atoms with Crippen molar-refractivity contribution in [3.05, 3.63) is 77.6 Å². The topological polar surface area (TPSA) is 69.7 Å². The third kappa shape index (κ3) is 6.80. The average molecular weight is 449 g/mol. The molecule has 0 aliphatic heterocycles. The van der Waals surface area contributed by atoms with Crippen molar-refractivity contribution in [2.24, 2.45) is 0 Å². The summed E-state index contributed by atoms with van der Waals surface area (Å²) in [4.78, 5) is 17.3. The van der Waals surface area contributed by atoms with Crippen LogP contribution in [-0.2, 0) is 4.74 Å². The maximum atomic E-state index is 12.8. The molecule has 1 amide bonds. The molecule has 1 aromatic heterocycles. The van der Waals surface area contributed by atoms with Gasteiger partial charge in [0.05, 0.1) is 35.8 Å². The number of ether oxygens (including phenoxy) is 3. The predicted octanol–water partition coefficient (Wildman–Crippen LogP) is 6.71. The van der Waals surface area contributed by atoms with Crippen molar-refractivity contribution >= 4 is 11.6 Å². The summed E-state index contributed by atoms with van der Waals surface area (Å²) < 4.78 is 17.5. The van der Waals surface area contributed by atoms with Gasteiger partial charge in [0, 0.05) is 5.69 Å². The van der Waals surface area contributed by atoms with Gasteiger partial charge in [-0.2, -0.15) is 0 Å². The van der Waals surface area contributed by atoms with Gasteiger partial charge in [0.1, 0.15) is 5.75 Å². The van der Waals surface area contributed by atoms with Crippen LogP contribution in [0, 0.1) is 6.92 Å². The molecule has 1 heterocycles. The Kier molecular flexibility index (Phi) is 8.44. The second kappa shape index (κ2) is 11.5. The van der Waals surface area contributed by atoms with Crippen LogP contribution in [0.25, 0.3) is 0 Å². The molecule has 0 fully saturated rings. The Morgan fingerprint density at radius 2 is 1.67 bits per heavy atom. The van der Waals surface area contributed by atoms with Gasteiger partial charge in [-0.1, -0.05) is 19.1 Å². The summed E-state index contributed by atoms with van der Waals surface area (Å²) in [6.07, 6.45) is 0.894. The zero-order chi connectivity index (χ0) is 23.8. The first kappa shape index (κ1) is 24.3. The minimum atomic E-state index is -0.212. The van der Waals surface area contributed by atoms with Crippen molar-refractivity contribution in [2.45, 2.75) is 53.2 Å². The summed E-state index contributed by atoms with van der Waals surface area (Å²) in [5.74, 6) is 1.80. The van der Waals surface area contributed by atoms with E-state index in [2.05, 4.69) is 17.2 Å². The highest BCUT2D eigenvalue weighted by molar-refractivity contribution is 6.05. The summed E-state index contributed by atoms with van der Waals surface area (Å²) in [7, 11) is 0. The number of carbonyl (C=O) groups is 1. The van der Waals surface area contributed by atoms with Crippen molar-refractivity contribution in [3.8, 4) is 17.2 Å². The monoisotopic (exact) mass is 448 g/mol. The van der Waals surface area contributed by atoms with Crippen molar-refractivity contribution in [3.63, 3.8) is 0 Å². The van der Waals surface area contributed by atoms with Crippen molar-refractivity contribution in [1.29, 1.82) is 0 Å². The number of nitrogens with zero attached hydrogens (tertiary/aromatic N) is 1. The summed E-state index contributed by atoms with van der Waals surface area (Å²) in [6, 6.07) is 18.4. The number of carbonyl (C=O) groups excluding carboxylic acids is 1. The lowest BCUT2D eigenvalue weighted by atomic mass is 10.1. The zero-order valence-corrected chi connectivity index (χ0v) is 19.9. The molecule has 1 unspecified atom stereocenters. The molecule has 6 nitrogen and oxygen atoms in total. The Balaban J connectivity index is 1.65. The lowest BCUT2D eigenvalue weighted by Crippen LogP contribution is -2.16. The molecule has 1 N–H and O–H groups in total. The highest BCUT2D eigenvalue weighted by Gasteiger charge is 2.15. The van der Waals surface area contributed by atoms with Crippen LogP contribution in [0.3, 0.4) is 0 Å². The second-order valence-corrected chi connectivity index (χ2v) is 8.07. The molecular weight excluding hydrogens is 416 g/mol. The third-order valence-corrected chi connectivity index (χ3v) is 4.90. The standard InChI is InChI=1S/C27H32N2O4/c1-6-17-31-25-9-7-8-10-26(25)33-22-13-11-21(12-14-22)29-27(30)23-15-16-24(28-19(23)4)20(5)32-18(2)3/h7-16,18,20H,6,17H2,1-5H3,(H,29,30). The molecule has 6 heteroatoms. The number of aromatic nitrogens is 1. The maximum absolute atomic E-state index is 12.8. The quantitative estimate of drug-likeness (QED) is 0.373. The number of anilines is 1. The van der Waals surface area contributed by atoms with Gasteiger partial charge in [-0.05, 0) is 82.6 Å². The SMILES string of the molecule is CCCOc1ccccc1Oc1ccc(NC(=O)c2ccc(C(C)OC(C)C)nc2C)cc1. The number of amides is 1. The highest BCUT2D eigenvalue weighted by Crippen LogP contribution is 2.32. The number of aryl methyl sites for hydroxylation is 1. The van der Waals surface area contributed by atoms with Gasteiger partial charge in [-0.25, -0.2) is 0 Å². The molecule has 0 bridgehead atoms. The summed E-state index contributed by atoms with van der Waals surface area (Å²) in [6.45, 7) is 10.4. The van der Waals surface area contributed by atoms with E-state index < -0.39 is 0 Å². The maximum Gasteiger partial charge on any atom is 0.257 e. The first-order valence-electron chi connectivity index (χ1n) is 11.3. The van der Waals surface area contributed by atoms with Crippen molar-refractivity contribution < 1.29 is 19.0 Å². The molecule has 2 aromatic carbocycles. The number of pyridine rings is 1. The van der Waals surface area contributed by atoms with Crippen LogP contribution in [0.5, 0.6) is 17.2 Å². The minimum absolute atomic E-state index is 0.106. The number of para-hydroxylation sites is 2. The molecule has 0 saturated carbocycles. The van der Waals surface area contributed by atoms with Crippen LogP contribution >= 0.6 is 0 Å². The Bertz CT molecular complexity index is 1060. The van der Waals surface area contributed by atoms with E-state index in [1.54, 1.807) is 18.2 Å². The lowest BCUT2D eigenvalue weighted by molar-refractivity contribution is 0.0154. The van der Waals surface area contributed by atoms with Crippen LogP contribution < -0.4 is 14.8 Å². The number of rotatable bonds is 10. The second-order valence-electron chi connectivity index (χ2n) is 8.07. The third-order valence-electron chi connectivity index (χ3n) is 4.90. The van der Waals surface area contributed by atoms with Gasteiger partial charge in [0.15, 0.2) is 11.5 Å². The molecule has 3 aromatic rings. The Hall–Kier alpha value is -3.38. The summed E-state index contributed by atoms with van der Waals surface area (Å²) in [5.41, 5.74) is 2.66. The van der Waals surface area contributed by atoms with E-state index in [4.69, 9.17) is 14.2 Å². The number of benzene rings is 2. The fourth-order valence-corrected chi connectivity index (χ4v) is 3.32. The number of nitrogens with one attached hydrogen (secondary N) is 1. The van der Waals surface area contributed by atoms with Gasteiger partial charge in [-0.3, -0.25) is 9.78 Å². The van der Waals surface area contributed by atoms with Crippen LogP contribution in [0.2, 0.25) is 0 Å². The summed E-state index contributed by atoms with van der Waals surface area (Å²) in [5, 5.41) is 2.92. The molecule has 33 heavy (non-hydrogen) atoms. The molecule has 0 aliphatic rings. The number of hydrogen-bond donors (Lipinski definition) is 1. The van der Waals surface area contributed by atoms with Gasteiger partial charge in [-0.15, -0.1) is 0 Å². The van der Waals surface area contributed by atoms with Gasteiger partial charge >= 0.3 is 0 Å². The van der Waals surface area contributed by atoms with E-state index in [1.807, 2.05) is 70.2 Å². The lowest BCUT2D eigenvalue weighted by Gasteiger charge is -2.17. The van der Waals surface area contributed by atoms with Crippen LogP contribution in [0.4, 0.5) is 5.69 Å². The molecule has 0 aliphatic carbocycles. The van der Waals surface area contributed by atoms with E-state index in [-0.39, 0.29) is 18.1 Å². The minimum Gasteiger partial charge on any atom is -0.490 e. The Morgan fingerprint density at radius 1 is 0.970 bits per heavy atom. The van der Waals surface area contributed by atoms with E-state index >= 15 is 0 Å². The predicted molar refractivity (Wildman–Crippen MR) is 130 cm³/mol. The van der Waals surface area contributed by atoms with Crippen LogP contribution in [0.1, 0.15) is 62.0 Å². The largest absolute Gasteiger partial charge is 0.490 e. The van der Waals surface area contributed by atoms with Gasteiger partial charge in [0.2, 0.25) is 0 Å². The first-order chi connectivity index (χ1) is 15.9. The van der Waals surface area contributed by atoms with Crippen molar-refractivity contribution in [2.75, 3.05) is 11.9 Å². The van der Waals surface area contributed by atoms with Crippen LogP contribution in [0.15, 0.2) is 60.7 Å². The molecule has 0 saturated heterocycles. The van der Waals surface area contributed by atoms with Crippen molar-refractivity contribution in [1.82, 2.24) is 4.98 Å². The molecule has 3 rings (SSSR count). The fourth-order valence-electron chi connectivity index (χ4n) is 3.32. The molecule has 0 radical (unpaired) electrons. The Morgan fingerprint density at radius 3 is 2.30 bits per heavy atom. The fraction of sp³-hybridized carbons (Fsp3) is 0.333. The summed E-state index contributed by atoms with van der Waals surface area (Å²) >= 11 is 0. The van der Waals surface area contributed by atoms with E-state index in [0.29, 0.717) is 40.8 Å². The molecule has 0 spiro atoms. The van der Waals surface area contributed by atoms with E-state index in [0.717, 1.165) is 12.1 Å². The van der Waals surface area contributed by atoms with E-state index in [1.165, 1.54) is 0 Å². The molecule has 174 valence electrons. The van der Waals surface area contributed by atoms with Crippen LogP contribution in [-0.4, -0.2) is 23.6 Å². The number of hydrogen-bond acceptors (Lipinski definition) is 5. The average Bonchev–Trinajstić information content (AvgIpc) is 2.79.